The van der Waals surface area contributed by atoms with E-state index in [1.165, 1.54) is 14.2 Å². The summed E-state index contributed by atoms with van der Waals surface area (Å²) in [6.07, 6.45) is 0. The molecule has 0 bridgehead atoms. The molecule has 0 N–H and O–H groups in total. The normalized spacial score (nSPS) is 9.83. The molecular weight excluding hydrogens is 230 g/mol. The van der Waals surface area contributed by atoms with Crippen LogP contribution in [0.25, 0.3) is 10.8 Å². The Morgan fingerprint density at radius 1 is 1.22 bits per heavy atom. The van der Waals surface area contributed by atoms with E-state index in [1.807, 2.05) is 0 Å². The maximum atomic E-state index is 11.7. The van der Waals surface area contributed by atoms with Crippen LogP contribution in [0.5, 0.6) is 5.75 Å². The second kappa shape index (κ2) is 4.76. The SMILES string of the molecule is COC(=O)c1cccc2c(C#N)ccc(OC)c12. The van der Waals surface area contributed by atoms with E-state index in [2.05, 4.69) is 6.07 Å². The van der Waals surface area contributed by atoms with E-state index in [-0.39, 0.29) is 0 Å². The Morgan fingerprint density at radius 2 is 2.00 bits per heavy atom. The van der Waals surface area contributed by atoms with Crippen molar-refractivity contribution >= 4 is 16.7 Å². The minimum Gasteiger partial charge on any atom is -0.496 e. The van der Waals surface area contributed by atoms with Crippen LogP contribution >= 0.6 is 0 Å². The number of nitriles is 1. The molecule has 0 radical (unpaired) electrons. The number of methoxy groups -OCH3 is 2. The van der Waals surface area contributed by atoms with Crippen LogP contribution in [0.4, 0.5) is 0 Å². The van der Waals surface area contributed by atoms with E-state index >= 15 is 0 Å². The molecule has 4 nitrogen and oxygen atoms in total. The van der Waals surface area contributed by atoms with E-state index in [1.54, 1.807) is 30.3 Å². The highest BCUT2D eigenvalue weighted by Crippen LogP contribution is 2.31. The number of carbonyl (C=O) groups excluding carboxylic acids is 1. The molecule has 4 heteroatoms. The summed E-state index contributed by atoms with van der Waals surface area (Å²) in [6, 6.07) is 10.6. The maximum absolute atomic E-state index is 11.7. The number of nitrogens with zero attached hydrogens (tertiary/aromatic N) is 1. The van der Waals surface area contributed by atoms with Crippen molar-refractivity contribution < 1.29 is 14.3 Å². The number of benzene rings is 2. The quantitative estimate of drug-likeness (QED) is 0.758. The summed E-state index contributed by atoms with van der Waals surface area (Å²) in [5, 5.41) is 10.4. The Morgan fingerprint density at radius 3 is 2.61 bits per heavy atom. The fourth-order valence-electron chi connectivity index (χ4n) is 1.92. The van der Waals surface area contributed by atoms with Gasteiger partial charge in [-0.2, -0.15) is 5.26 Å². The molecule has 0 saturated heterocycles. The lowest BCUT2D eigenvalue weighted by atomic mass is 9.99. The molecule has 0 aliphatic rings. The van der Waals surface area contributed by atoms with E-state index < -0.39 is 5.97 Å². The lowest BCUT2D eigenvalue weighted by molar-refractivity contribution is 0.0603. The fraction of sp³-hybridized carbons (Fsp3) is 0.143. The number of ether oxygens (including phenoxy) is 2. The van der Waals surface area contributed by atoms with E-state index in [0.29, 0.717) is 27.6 Å². The first-order valence-corrected chi connectivity index (χ1v) is 5.31. The number of rotatable bonds is 2. The Labute approximate surface area is 104 Å². The first-order valence-electron chi connectivity index (χ1n) is 5.31. The zero-order valence-corrected chi connectivity index (χ0v) is 10.1. The van der Waals surface area contributed by atoms with Gasteiger partial charge in [-0.1, -0.05) is 12.1 Å². The smallest absolute Gasteiger partial charge is 0.338 e. The van der Waals surface area contributed by atoms with Crippen LogP contribution < -0.4 is 4.74 Å². The van der Waals surface area contributed by atoms with Crippen molar-refractivity contribution in [1.82, 2.24) is 0 Å². The highest BCUT2D eigenvalue weighted by Gasteiger charge is 2.15. The third-order valence-electron chi connectivity index (χ3n) is 2.75. The number of carbonyl (C=O) groups is 1. The molecule has 0 amide bonds. The molecule has 90 valence electrons. The van der Waals surface area contributed by atoms with Crippen LogP contribution in [0.3, 0.4) is 0 Å². The second-order valence-electron chi connectivity index (χ2n) is 3.65. The Balaban J connectivity index is 2.90. The minimum absolute atomic E-state index is 0.393. The molecule has 0 aliphatic heterocycles. The van der Waals surface area contributed by atoms with Crippen LogP contribution in [-0.4, -0.2) is 20.2 Å². The van der Waals surface area contributed by atoms with Gasteiger partial charge >= 0.3 is 5.97 Å². The van der Waals surface area contributed by atoms with Gasteiger partial charge in [0, 0.05) is 10.8 Å². The standard InChI is InChI=1S/C14H11NO3/c1-17-12-7-6-9(8-15)10-4-3-5-11(13(10)12)14(16)18-2/h3-7H,1-2H3. The average Bonchev–Trinajstić information content (AvgIpc) is 2.44. The third-order valence-corrected chi connectivity index (χ3v) is 2.75. The maximum Gasteiger partial charge on any atom is 0.338 e. The molecule has 0 saturated carbocycles. The van der Waals surface area contributed by atoms with Crippen molar-refractivity contribution in [3.63, 3.8) is 0 Å². The highest BCUT2D eigenvalue weighted by atomic mass is 16.5. The van der Waals surface area contributed by atoms with Crippen molar-refractivity contribution in [2.24, 2.45) is 0 Å². The molecule has 2 rings (SSSR count). The van der Waals surface area contributed by atoms with Crippen LogP contribution in [0.1, 0.15) is 15.9 Å². The van der Waals surface area contributed by atoms with E-state index in [0.717, 1.165) is 0 Å². The van der Waals surface area contributed by atoms with Gasteiger partial charge in [0.2, 0.25) is 0 Å². The molecule has 2 aromatic rings. The first kappa shape index (κ1) is 11.9. The minimum atomic E-state index is -0.450. The molecule has 0 atom stereocenters. The molecule has 0 spiro atoms. The molecule has 0 aliphatic carbocycles. The van der Waals surface area contributed by atoms with Crippen LogP contribution in [0, 0.1) is 11.3 Å². The molecule has 0 unspecified atom stereocenters. The summed E-state index contributed by atoms with van der Waals surface area (Å²) < 4.78 is 9.99. The van der Waals surface area contributed by atoms with Crippen molar-refractivity contribution in [3.8, 4) is 11.8 Å². The molecule has 0 fully saturated rings. The molecule has 0 heterocycles. The van der Waals surface area contributed by atoms with E-state index in [4.69, 9.17) is 14.7 Å². The van der Waals surface area contributed by atoms with E-state index in [9.17, 15) is 4.79 Å². The van der Waals surface area contributed by atoms with Crippen molar-refractivity contribution in [3.05, 3.63) is 41.5 Å². The highest BCUT2D eigenvalue weighted by molar-refractivity contribution is 6.08. The van der Waals surface area contributed by atoms with Gasteiger partial charge in [-0.05, 0) is 18.2 Å². The summed E-state index contributed by atoms with van der Waals surface area (Å²) >= 11 is 0. The average molecular weight is 241 g/mol. The van der Waals surface area contributed by atoms with Gasteiger partial charge in [-0.25, -0.2) is 4.79 Å². The second-order valence-corrected chi connectivity index (χ2v) is 3.65. The zero-order chi connectivity index (χ0) is 13.1. The lowest BCUT2D eigenvalue weighted by Crippen LogP contribution is -2.03. The predicted octanol–water partition coefficient (Wildman–Crippen LogP) is 2.51. The summed E-state index contributed by atoms with van der Waals surface area (Å²) in [6.45, 7) is 0. The van der Waals surface area contributed by atoms with Gasteiger partial charge < -0.3 is 9.47 Å². The third kappa shape index (κ3) is 1.76. The van der Waals surface area contributed by atoms with Gasteiger partial charge in [-0.3, -0.25) is 0 Å². The molecule has 2 aromatic carbocycles. The number of esters is 1. The Bertz CT molecular complexity index is 656. The number of fused-ring (bicyclic) bond motifs is 1. The van der Waals surface area contributed by atoms with Crippen molar-refractivity contribution in [2.75, 3.05) is 14.2 Å². The van der Waals surface area contributed by atoms with Crippen LogP contribution in [0.15, 0.2) is 30.3 Å². The van der Waals surface area contributed by atoms with Gasteiger partial charge in [0.25, 0.3) is 0 Å². The molecule has 18 heavy (non-hydrogen) atoms. The Kier molecular flexibility index (Phi) is 3.16. The number of hydrogen-bond donors (Lipinski definition) is 0. The predicted molar refractivity (Wildman–Crippen MR) is 66.6 cm³/mol. The van der Waals surface area contributed by atoms with Crippen molar-refractivity contribution in [1.29, 1.82) is 5.26 Å². The summed E-state index contributed by atoms with van der Waals surface area (Å²) in [7, 11) is 2.84. The monoisotopic (exact) mass is 241 g/mol. The molecular formula is C14H11NO3. The van der Waals surface area contributed by atoms with Gasteiger partial charge in [0.15, 0.2) is 0 Å². The van der Waals surface area contributed by atoms with Gasteiger partial charge in [-0.15, -0.1) is 0 Å². The summed E-state index contributed by atoms with van der Waals surface area (Å²) in [5.41, 5.74) is 0.889. The fourth-order valence-corrected chi connectivity index (χ4v) is 1.92. The lowest BCUT2D eigenvalue weighted by Gasteiger charge is -2.10. The summed E-state index contributed by atoms with van der Waals surface area (Å²) in [5.74, 6) is 0.0963. The number of hydrogen-bond acceptors (Lipinski definition) is 4. The van der Waals surface area contributed by atoms with Crippen molar-refractivity contribution in [2.45, 2.75) is 0 Å². The Hall–Kier alpha value is -2.54. The van der Waals surface area contributed by atoms with Gasteiger partial charge in [0.1, 0.15) is 5.75 Å². The van der Waals surface area contributed by atoms with Crippen LogP contribution in [-0.2, 0) is 4.74 Å². The first-order chi connectivity index (χ1) is 8.72. The summed E-state index contributed by atoms with van der Waals surface area (Å²) in [4.78, 5) is 11.7. The molecule has 0 aromatic heterocycles. The zero-order valence-electron chi connectivity index (χ0n) is 10.1. The van der Waals surface area contributed by atoms with Gasteiger partial charge in [0.05, 0.1) is 31.4 Å². The van der Waals surface area contributed by atoms with Crippen LogP contribution in [0.2, 0.25) is 0 Å². The topological polar surface area (TPSA) is 59.3 Å². The largest absolute Gasteiger partial charge is 0.496 e.